The van der Waals surface area contributed by atoms with E-state index in [1.54, 1.807) is 0 Å². The number of hydrogen-bond donors (Lipinski definition) is 1. The van der Waals surface area contributed by atoms with E-state index in [9.17, 15) is 4.79 Å². The molecule has 0 radical (unpaired) electrons. The molecule has 0 spiro atoms. The monoisotopic (exact) mass is 352 g/mol. The van der Waals surface area contributed by atoms with E-state index in [0.717, 1.165) is 25.6 Å². The summed E-state index contributed by atoms with van der Waals surface area (Å²) < 4.78 is 5.50. The molecule has 0 bridgehead atoms. The first-order valence-electron chi connectivity index (χ1n) is 9.44. The Morgan fingerprint density at radius 2 is 1.85 bits per heavy atom. The van der Waals surface area contributed by atoms with Crippen molar-refractivity contribution in [2.75, 3.05) is 19.7 Å². The van der Waals surface area contributed by atoms with Crippen LogP contribution in [-0.4, -0.2) is 30.5 Å². The molecule has 3 rings (SSSR count). The Morgan fingerprint density at radius 1 is 1.12 bits per heavy atom. The van der Waals surface area contributed by atoms with Crippen LogP contribution in [0.25, 0.3) is 0 Å². The van der Waals surface area contributed by atoms with Crippen LogP contribution < -0.4 is 10.1 Å². The van der Waals surface area contributed by atoms with Crippen LogP contribution in [0.1, 0.15) is 30.9 Å². The number of hydrogen-bond acceptors (Lipinski definition) is 3. The Morgan fingerprint density at radius 3 is 2.62 bits per heavy atom. The fourth-order valence-electron chi connectivity index (χ4n) is 3.47. The quantitative estimate of drug-likeness (QED) is 0.828. The maximum absolute atomic E-state index is 12.1. The summed E-state index contributed by atoms with van der Waals surface area (Å²) in [5, 5.41) is 2.97. The number of carbonyl (C=O) groups excluding carboxylic acids is 1. The molecule has 1 N–H and O–H groups in total. The summed E-state index contributed by atoms with van der Waals surface area (Å²) in [7, 11) is 0. The highest BCUT2D eigenvalue weighted by Gasteiger charge is 2.17. The van der Waals surface area contributed by atoms with E-state index in [0.29, 0.717) is 12.3 Å². The number of ether oxygens (including phenoxy) is 1. The Labute approximate surface area is 156 Å². The summed E-state index contributed by atoms with van der Waals surface area (Å²) >= 11 is 0. The molecule has 138 valence electrons. The zero-order valence-electron chi connectivity index (χ0n) is 15.5. The van der Waals surface area contributed by atoms with Crippen LogP contribution in [0.3, 0.4) is 0 Å². The molecule has 1 aliphatic rings. The van der Waals surface area contributed by atoms with Crippen LogP contribution in [0.2, 0.25) is 0 Å². The number of amides is 1. The molecule has 0 aromatic heterocycles. The van der Waals surface area contributed by atoms with Gasteiger partial charge in [0.2, 0.25) is 0 Å². The van der Waals surface area contributed by atoms with Crippen molar-refractivity contribution in [3.05, 3.63) is 65.7 Å². The van der Waals surface area contributed by atoms with Gasteiger partial charge in [-0.1, -0.05) is 49.4 Å². The van der Waals surface area contributed by atoms with Crippen molar-refractivity contribution in [3.8, 4) is 5.75 Å². The van der Waals surface area contributed by atoms with Gasteiger partial charge < -0.3 is 10.1 Å². The SMILES string of the molecule is CC1CCCN(Cc2ccccc2CNC(=O)COc2ccccc2)C1. The minimum Gasteiger partial charge on any atom is -0.484 e. The summed E-state index contributed by atoms with van der Waals surface area (Å²) in [5.41, 5.74) is 2.48. The van der Waals surface area contributed by atoms with Crippen LogP contribution in [0, 0.1) is 5.92 Å². The molecule has 4 heteroatoms. The molecule has 0 aliphatic carbocycles. The van der Waals surface area contributed by atoms with Gasteiger partial charge in [0, 0.05) is 19.6 Å². The minimum absolute atomic E-state index is 0.0375. The number of benzene rings is 2. The molecule has 0 saturated carbocycles. The zero-order chi connectivity index (χ0) is 18.2. The molecule has 1 saturated heterocycles. The molecular weight excluding hydrogens is 324 g/mol. The van der Waals surface area contributed by atoms with Gasteiger partial charge in [0.05, 0.1) is 0 Å². The van der Waals surface area contributed by atoms with E-state index in [4.69, 9.17) is 4.74 Å². The summed E-state index contributed by atoms with van der Waals surface area (Å²) in [6, 6.07) is 17.8. The third-order valence-electron chi connectivity index (χ3n) is 4.84. The first-order chi connectivity index (χ1) is 12.7. The average Bonchev–Trinajstić information content (AvgIpc) is 2.66. The van der Waals surface area contributed by atoms with Crippen LogP contribution in [0.4, 0.5) is 0 Å². The van der Waals surface area contributed by atoms with E-state index < -0.39 is 0 Å². The van der Waals surface area contributed by atoms with Gasteiger partial charge >= 0.3 is 0 Å². The van der Waals surface area contributed by atoms with Crippen molar-refractivity contribution in [1.29, 1.82) is 0 Å². The Bertz CT molecular complexity index is 702. The highest BCUT2D eigenvalue weighted by molar-refractivity contribution is 5.77. The number of nitrogens with zero attached hydrogens (tertiary/aromatic N) is 1. The number of carbonyl (C=O) groups is 1. The Kier molecular flexibility index (Phi) is 6.67. The van der Waals surface area contributed by atoms with Crippen molar-refractivity contribution in [2.45, 2.75) is 32.9 Å². The molecule has 4 nitrogen and oxygen atoms in total. The minimum atomic E-state index is -0.102. The van der Waals surface area contributed by atoms with E-state index in [1.165, 1.54) is 24.0 Å². The number of para-hydroxylation sites is 1. The number of piperidine rings is 1. The predicted molar refractivity (Wildman–Crippen MR) is 104 cm³/mol. The standard InChI is InChI=1S/C22H28N2O2/c1-18-8-7-13-24(15-18)16-20-10-6-5-9-19(20)14-23-22(25)17-26-21-11-3-2-4-12-21/h2-6,9-12,18H,7-8,13-17H2,1H3,(H,23,25). The molecule has 1 aliphatic heterocycles. The van der Waals surface area contributed by atoms with Crippen LogP contribution in [0.15, 0.2) is 54.6 Å². The van der Waals surface area contributed by atoms with Crippen molar-refractivity contribution in [1.82, 2.24) is 10.2 Å². The highest BCUT2D eigenvalue weighted by atomic mass is 16.5. The van der Waals surface area contributed by atoms with Gasteiger partial charge in [-0.25, -0.2) is 0 Å². The molecule has 1 fully saturated rings. The predicted octanol–water partition coefficient (Wildman–Crippen LogP) is 3.61. The van der Waals surface area contributed by atoms with E-state index in [-0.39, 0.29) is 12.5 Å². The van der Waals surface area contributed by atoms with Crippen molar-refractivity contribution < 1.29 is 9.53 Å². The van der Waals surface area contributed by atoms with Gasteiger partial charge in [-0.15, -0.1) is 0 Å². The number of rotatable bonds is 7. The second kappa shape index (κ2) is 9.39. The normalized spacial score (nSPS) is 17.7. The van der Waals surface area contributed by atoms with Crippen molar-refractivity contribution >= 4 is 5.91 Å². The molecular formula is C22H28N2O2. The van der Waals surface area contributed by atoms with Gasteiger partial charge in [-0.2, -0.15) is 0 Å². The fourth-order valence-corrected chi connectivity index (χ4v) is 3.47. The van der Waals surface area contributed by atoms with Crippen LogP contribution in [0.5, 0.6) is 5.75 Å². The number of nitrogens with one attached hydrogen (secondary N) is 1. The highest BCUT2D eigenvalue weighted by Crippen LogP contribution is 2.19. The first-order valence-corrected chi connectivity index (χ1v) is 9.44. The third kappa shape index (κ3) is 5.60. The largest absolute Gasteiger partial charge is 0.484 e. The molecule has 1 atom stereocenters. The summed E-state index contributed by atoms with van der Waals surface area (Å²) in [6.45, 7) is 6.18. The lowest BCUT2D eigenvalue weighted by Gasteiger charge is -2.31. The van der Waals surface area contributed by atoms with Crippen molar-refractivity contribution in [2.24, 2.45) is 5.92 Å². The maximum atomic E-state index is 12.1. The first kappa shape index (κ1) is 18.5. The van der Waals surface area contributed by atoms with Gasteiger partial charge in [-0.05, 0) is 48.6 Å². The number of likely N-dealkylation sites (tertiary alicyclic amines) is 1. The smallest absolute Gasteiger partial charge is 0.258 e. The zero-order valence-corrected chi connectivity index (χ0v) is 15.5. The fraction of sp³-hybridized carbons (Fsp3) is 0.409. The van der Waals surface area contributed by atoms with Crippen LogP contribution >= 0.6 is 0 Å². The van der Waals surface area contributed by atoms with Crippen LogP contribution in [-0.2, 0) is 17.9 Å². The maximum Gasteiger partial charge on any atom is 0.258 e. The van der Waals surface area contributed by atoms with E-state index in [2.05, 4.69) is 35.3 Å². The summed E-state index contributed by atoms with van der Waals surface area (Å²) in [6.07, 6.45) is 2.60. The van der Waals surface area contributed by atoms with Gasteiger partial charge in [0.1, 0.15) is 5.75 Å². The molecule has 1 unspecified atom stereocenters. The average molecular weight is 352 g/mol. The molecule has 1 heterocycles. The second-order valence-electron chi connectivity index (χ2n) is 7.13. The molecule has 26 heavy (non-hydrogen) atoms. The third-order valence-corrected chi connectivity index (χ3v) is 4.84. The molecule has 2 aromatic carbocycles. The summed E-state index contributed by atoms with van der Waals surface area (Å²) in [5.74, 6) is 1.38. The Balaban J connectivity index is 1.50. The van der Waals surface area contributed by atoms with Gasteiger partial charge in [0.15, 0.2) is 6.61 Å². The lowest BCUT2D eigenvalue weighted by molar-refractivity contribution is -0.123. The van der Waals surface area contributed by atoms with E-state index >= 15 is 0 Å². The van der Waals surface area contributed by atoms with E-state index in [1.807, 2.05) is 36.4 Å². The lowest BCUT2D eigenvalue weighted by atomic mass is 9.99. The lowest BCUT2D eigenvalue weighted by Crippen LogP contribution is -2.34. The topological polar surface area (TPSA) is 41.6 Å². The van der Waals surface area contributed by atoms with Gasteiger partial charge in [0.25, 0.3) is 5.91 Å². The Hall–Kier alpha value is -2.33. The van der Waals surface area contributed by atoms with Gasteiger partial charge in [-0.3, -0.25) is 9.69 Å². The van der Waals surface area contributed by atoms with Crippen molar-refractivity contribution in [3.63, 3.8) is 0 Å². The summed E-state index contributed by atoms with van der Waals surface area (Å²) in [4.78, 5) is 14.6. The second-order valence-corrected chi connectivity index (χ2v) is 7.13. The molecule has 1 amide bonds. The molecule has 2 aromatic rings.